The Morgan fingerprint density at radius 3 is 2.95 bits per heavy atom. The first-order chi connectivity index (χ1) is 9.17. The molecule has 0 aliphatic rings. The standard InChI is InChI=1S/C15H22FN3/c1-4-5-6-10-19(3)15(17-2)18-12-13-8-7-9-14(16)11-13/h4,7-9,11H,1,5-6,10,12H2,2-3H3,(H,17,18). The third-order valence-electron chi connectivity index (χ3n) is 2.81. The van der Waals surface area contributed by atoms with Crippen LogP contribution in [0.15, 0.2) is 41.9 Å². The maximum atomic E-state index is 13.1. The van der Waals surface area contributed by atoms with Gasteiger partial charge in [-0.2, -0.15) is 0 Å². The molecule has 104 valence electrons. The number of guanidine groups is 1. The number of unbranched alkanes of at least 4 members (excludes halogenated alkanes) is 1. The van der Waals surface area contributed by atoms with Crippen LogP contribution in [0.5, 0.6) is 0 Å². The second-order valence-corrected chi connectivity index (χ2v) is 4.38. The first kappa shape index (κ1) is 15.2. The van der Waals surface area contributed by atoms with Crippen molar-refractivity contribution < 1.29 is 4.39 Å². The van der Waals surface area contributed by atoms with Crippen molar-refractivity contribution in [3.63, 3.8) is 0 Å². The van der Waals surface area contributed by atoms with E-state index in [-0.39, 0.29) is 5.82 Å². The van der Waals surface area contributed by atoms with Gasteiger partial charge in [-0.05, 0) is 30.5 Å². The molecule has 0 amide bonds. The van der Waals surface area contributed by atoms with Crippen LogP contribution in [0.25, 0.3) is 0 Å². The number of hydrogen-bond acceptors (Lipinski definition) is 1. The Labute approximate surface area is 114 Å². The van der Waals surface area contributed by atoms with Gasteiger partial charge in [0.1, 0.15) is 5.82 Å². The van der Waals surface area contributed by atoms with Crippen LogP contribution in [0, 0.1) is 5.82 Å². The molecule has 0 heterocycles. The lowest BCUT2D eigenvalue weighted by Crippen LogP contribution is -2.38. The van der Waals surface area contributed by atoms with Crippen molar-refractivity contribution in [1.29, 1.82) is 0 Å². The summed E-state index contributed by atoms with van der Waals surface area (Å²) in [6, 6.07) is 6.57. The summed E-state index contributed by atoms with van der Waals surface area (Å²) in [5, 5.41) is 3.22. The van der Waals surface area contributed by atoms with Gasteiger partial charge >= 0.3 is 0 Å². The zero-order valence-corrected chi connectivity index (χ0v) is 11.7. The molecule has 1 aromatic carbocycles. The minimum absolute atomic E-state index is 0.214. The number of nitrogens with one attached hydrogen (secondary N) is 1. The van der Waals surface area contributed by atoms with Crippen LogP contribution in [0.4, 0.5) is 4.39 Å². The molecule has 0 aliphatic carbocycles. The van der Waals surface area contributed by atoms with Gasteiger partial charge in [0.05, 0.1) is 0 Å². The predicted molar refractivity (Wildman–Crippen MR) is 78.7 cm³/mol. The Morgan fingerprint density at radius 1 is 1.53 bits per heavy atom. The number of aliphatic imine (C=N–C) groups is 1. The highest BCUT2D eigenvalue weighted by Gasteiger charge is 2.05. The average Bonchev–Trinajstić information content (AvgIpc) is 2.40. The first-order valence-electron chi connectivity index (χ1n) is 6.44. The molecule has 0 spiro atoms. The molecule has 0 bridgehead atoms. The first-order valence-corrected chi connectivity index (χ1v) is 6.44. The summed E-state index contributed by atoms with van der Waals surface area (Å²) in [6.07, 6.45) is 3.95. The zero-order chi connectivity index (χ0) is 14.1. The topological polar surface area (TPSA) is 27.6 Å². The van der Waals surface area contributed by atoms with Gasteiger partial charge in [0.15, 0.2) is 5.96 Å². The molecule has 0 atom stereocenters. The lowest BCUT2D eigenvalue weighted by Gasteiger charge is -2.21. The van der Waals surface area contributed by atoms with Gasteiger partial charge in [-0.3, -0.25) is 4.99 Å². The highest BCUT2D eigenvalue weighted by Crippen LogP contribution is 2.03. The predicted octanol–water partition coefficient (Wildman–Crippen LogP) is 2.80. The minimum Gasteiger partial charge on any atom is -0.352 e. The summed E-state index contributed by atoms with van der Waals surface area (Å²) in [6.45, 7) is 5.18. The summed E-state index contributed by atoms with van der Waals surface area (Å²) < 4.78 is 13.1. The molecule has 0 aromatic heterocycles. The molecule has 1 rings (SSSR count). The van der Waals surface area contributed by atoms with Gasteiger partial charge in [0.25, 0.3) is 0 Å². The van der Waals surface area contributed by atoms with E-state index in [9.17, 15) is 4.39 Å². The average molecular weight is 263 g/mol. The van der Waals surface area contributed by atoms with E-state index in [0.29, 0.717) is 6.54 Å². The molecule has 1 N–H and O–H groups in total. The molecule has 0 radical (unpaired) electrons. The van der Waals surface area contributed by atoms with Crippen molar-refractivity contribution >= 4 is 5.96 Å². The highest BCUT2D eigenvalue weighted by molar-refractivity contribution is 5.79. The molecule has 0 fully saturated rings. The van der Waals surface area contributed by atoms with E-state index in [1.165, 1.54) is 12.1 Å². The molecular weight excluding hydrogens is 241 g/mol. The van der Waals surface area contributed by atoms with Gasteiger partial charge in [-0.1, -0.05) is 18.2 Å². The third-order valence-corrected chi connectivity index (χ3v) is 2.81. The minimum atomic E-state index is -0.214. The van der Waals surface area contributed by atoms with E-state index in [4.69, 9.17) is 0 Å². The fourth-order valence-corrected chi connectivity index (χ4v) is 1.79. The number of hydrogen-bond donors (Lipinski definition) is 1. The fraction of sp³-hybridized carbons (Fsp3) is 0.400. The second kappa shape index (κ2) is 8.29. The van der Waals surface area contributed by atoms with Crippen LogP contribution in [0.2, 0.25) is 0 Å². The lowest BCUT2D eigenvalue weighted by molar-refractivity contribution is 0.469. The van der Waals surface area contributed by atoms with Gasteiger partial charge < -0.3 is 10.2 Å². The van der Waals surface area contributed by atoms with Gasteiger partial charge in [0.2, 0.25) is 0 Å². The normalized spacial score (nSPS) is 11.2. The quantitative estimate of drug-likeness (QED) is 0.370. The van der Waals surface area contributed by atoms with Gasteiger partial charge in [-0.15, -0.1) is 6.58 Å². The van der Waals surface area contributed by atoms with E-state index in [2.05, 4.69) is 21.8 Å². The van der Waals surface area contributed by atoms with Crippen LogP contribution < -0.4 is 5.32 Å². The summed E-state index contributed by atoms with van der Waals surface area (Å²) >= 11 is 0. The number of allylic oxidation sites excluding steroid dienone is 1. The number of halogens is 1. The van der Waals surface area contributed by atoms with E-state index in [0.717, 1.165) is 30.9 Å². The van der Waals surface area contributed by atoms with Crippen molar-refractivity contribution in [1.82, 2.24) is 10.2 Å². The Balaban J connectivity index is 2.46. The molecule has 3 nitrogen and oxygen atoms in total. The molecule has 0 aliphatic heterocycles. The van der Waals surface area contributed by atoms with E-state index < -0.39 is 0 Å². The smallest absolute Gasteiger partial charge is 0.193 e. The second-order valence-electron chi connectivity index (χ2n) is 4.38. The molecule has 0 unspecified atom stereocenters. The van der Waals surface area contributed by atoms with Crippen molar-refractivity contribution in [2.75, 3.05) is 20.6 Å². The van der Waals surface area contributed by atoms with E-state index in [1.807, 2.05) is 19.2 Å². The maximum Gasteiger partial charge on any atom is 0.193 e. The number of nitrogens with zero attached hydrogens (tertiary/aromatic N) is 2. The van der Waals surface area contributed by atoms with Crippen molar-refractivity contribution in [3.8, 4) is 0 Å². The molecule has 0 saturated heterocycles. The van der Waals surface area contributed by atoms with Gasteiger partial charge in [0, 0.05) is 27.2 Å². The van der Waals surface area contributed by atoms with Crippen LogP contribution in [0.3, 0.4) is 0 Å². The Bertz CT molecular complexity index is 429. The van der Waals surface area contributed by atoms with E-state index >= 15 is 0 Å². The zero-order valence-electron chi connectivity index (χ0n) is 11.7. The lowest BCUT2D eigenvalue weighted by atomic mass is 10.2. The molecular formula is C15H22FN3. The molecule has 4 heteroatoms. The fourth-order valence-electron chi connectivity index (χ4n) is 1.79. The largest absolute Gasteiger partial charge is 0.352 e. The number of benzene rings is 1. The number of rotatable bonds is 6. The molecule has 19 heavy (non-hydrogen) atoms. The SMILES string of the molecule is C=CCCCN(C)C(=NC)NCc1cccc(F)c1. The van der Waals surface area contributed by atoms with Crippen LogP contribution in [-0.4, -0.2) is 31.5 Å². The van der Waals surface area contributed by atoms with E-state index in [1.54, 1.807) is 13.1 Å². The Hall–Kier alpha value is -1.84. The monoisotopic (exact) mass is 263 g/mol. The van der Waals surface area contributed by atoms with Gasteiger partial charge in [-0.25, -0.2) is 4.39 Å². The Kier molecular flexibility index (Phi) is 6.64. The van der Waals surface area contributed by atoms with Crippen molar-refractivity contribution in [3.05, 3.63) is 48.3 Å². The summed E-state index contributed by atoms with van der Waals surface area (Å²) in [5.41, 5.74) is 0.903. The molecule has 1 aromatic rings. The summed E-state index contributed by atoms with van der Waals surface area (Å²) in [4.78, 5) is 6.27. The van der Waals surface area contributed by atoms with Crippen LogP contribution in [0.1, 0.15) is 18.4 Å². The summed E-state index contributed by atoms with van der Waals surface area (Å²) in [5.74, 6) is 0.599. The van der Waals surface area contributed by atoms with Crippen molar-refractivity contribution in [2.24, 2.45) is 4.99 Å². The third kappa shape index (κ3) is 5.55. The Morgan fingerprint density at radius 2 is 2.32 bits per heavy atom. The highest BCUT2D eigenvalue weighted by atomic mass is 19.1. The maximum absolute atomic E-state index is 13.1. The van der Waals surface area contributed by atoms with Crippen LogP contribution >= 0.6 is 0 Å². The molecule has 0 saturated carbocycles. The van der Waals surface area contributed by atoms with Crippen molar-refractivity contribution in [2.45, 2.75) is 19.4 Å². The summed E-state index contributed by atoms with van der Waals surface area (Å²) in [7, 11) is 3.74. The van der Waals surface area contributed by atoms with Crippen LogP contribution in [-0.2, 0) is 6.54 Å².